The van der Waals surface area contributed by atoms with Crippen LogP contribution in [0, 0.1) is 5.92 Å². The first kappa shape index (κ1) is 15.3. The molecule has 0 saturated carbocycles. The zero-order chi connectivity index (χ0) is 15.7. The molecule has 0 aliphatic carbocycles. The van der Waals surface area contributed by atoms with E-state index in [4.69, 9.17) is 0 Å². The van der Waals surface area contributed by atoms with Crippen LogP contribution in [0.1, 0.15) is 26.2 Å². The average molecular weight is 319 g/mol. The van der Waals surface area contributed by atoms with E-state index >= 15 is 0 Å². The number of piperidine rings is 1. The van der Waals surface area contributed by atoms with E-state index in [-0.39, 0.29) is 23.5 Å². The van der Waals surface area contributed by atoms with Gasteiger partial charge in [0.1, 0.15) is 5.03 Å². The molecule has 1 saturated heterocycles. The Morgan fingerprint density at radius 1 is 1.50 bits per heavy atom. The highest BCUT2D eigenvalue weighted by atomic mass is 32.2. The van der Waals surface area contributed by atoms with Gasteiger partial charge in [-0.25, -0.2) is 4.98 Å². The second-order valence-electron chi connectivity index (χ2n) is 6.12. The predicted molar refractivity (Wildman–Crippen MR) is 86.9 cm³/mol. The zero-order valence-electron chi connectivity index (χ0n) is 13.0. The molecule has 0 aromatic carbocycles. The van der Waals surface area contributed by atoms with E-state index in [9.17, 15) is 9.59 Å². The van der Waals surface area contributed by atoms with Gasteiger partial charge in [-0.1, -0.05) is 18.7 Å². The van der Waals surface area contributed by atoms with Crippen molar-refractivity contribution < 1.29 is 9.59 Å². The highest BCUT2D eigenvalue weighted by Crippen LogP contribution is 2.38. The topological polar surface area (TPSA) is 53.5 Å². The van der Waals surface area contributed by atoms with Crippen LogP contribution >= 0.6 is 11.8 Å². The van der Waals surface area contributed by atoms with Gasteiger partial charge in [-0.3, -0.25) is 9.59 Å². The number of anilines is 1. The number of thioether (sulfide) groups is 1. The normalized spacial score (nSPS) is 25.1. The van der Waals surface area contributed by atoms with Crippen molar-refractivity contribution in [2.75, 3.05) is 25.0 Å². The third-order valence-corrected chi connectivity index (χ3v) is 5.53. The van der Waals surface area contributed by atoms with Gasteiger partial charge in [0.2, 0.25) is 11.8 Å². The Morgan fingerprint density at radius 2 is 2.32 bits per heavy atom. The summed E-state index contributed by atoms with van der Waals surface area (Å²) < 4.78 is 0. The Hall–Kier alpha value is -1.56. The molecule has 2 atom stereocenters. The van der Waals surface area contributed by atoms with Gasteiger partial charge >= 0.3 is 0 Å². The van der Waals surface area contributed by atoms with Crippen LogP contribution in [0.25, 0.3) is 0 Å². The van der Waals surface area contributed by atoms with E-state index in [0.717, 1.165) is 30.2 Å². The van der Waals surface area contributed by atoms with Crippen LogP contribution in [-0.2, 0) is 9.59 Å². The van der Waals surface area contributed by atoms with Gasteiger partial charge in [0, 0.05) is 32.8 Å². The lowest BCUT2D eigenvalue weighted by Gasteiger charge is -2.34. The van der Waals surface area contributed by atoms with E-state index < -0.39 is 0 Å². The molecule has 118 valence electrons. The highest BCUT2D eigenvalue weighted by Gasteiger charge is 2.35. The van der Waals surface area contributed by atoms with Gasteiger partial charge in [0.25, 0.3) is 0 Å². The lowest BCUT2D eigenvalue weighted by molar-refractivity contribution is -0.134. The number of likely N-dealkylation sites (tertiary alicyclic amines) is 1. The molecule has 0 spiro atoms. The number of fused-ring (bicyclic) bond motifs is 1. The maximum absolute atomic E-state index is 12.5. The first-order valence-electron chi connectivity index (χ1n) is 7.73. The highest BCUT2D eigenvalue weighted by molar-refractivity contribution is 8.00. The van der Waals surface area contributed by atoms with E-state index in [0.29, 0.717) is 5.92 Å². The summed E-state index contributed by atoms with van der Waals surface area (Å²) >= 11 is 1.41. The Morgan fingerprint density at radius 3 is 3.09 bits per heavy atom. The van der Waals surface area contributed by atoms with Crippen molar-refractivity contribution in [3.05, 3.63) is 18.3 Å². The molecule has 3 rings (SSSR count). The minimum Gasteiger partial charge on any atom is -0.342 e. The maximum atomic E-state index is 12.5. The second-order valence-corrected chi connectivity index (χ2v) is 7.31. The molecule has 0 unspecified atom stereocenters. The lowest BCUT2D eigenvalue weighted by atomic mass is 10.00. The van der Waals surface area contributed by atoms with Gasteiger partial charge in [-0.05, 0) is 30.9 Å². The third kappa shape index (κ3) is 2.97. The Balaban J connectivity index is 1.70. The Labute approximate surface area is 135 Å². The molecule has 2 aliphatic heterocycles. The molecular weight excluding hydrogens is 298 g/mol. The van der Waals surface area contributed by atoms with Crippen LogP contribution < -0.4 is 4.90 Å². The summed E-state index contributed by atoms with van der Waals surface area (Å²) in [4.78, 5) is 32.8. The summed E-state index contributed by atoms with van der Waals surface area (Å²) in [5.41, 5.74) is 0.827. The molecule has 0 bridgehead atoms. The molecule has 0 radical (unpaired) electrons. The van der Waals surface area contributed by atoms with Crippen LogP contribution in [0.3, 0.4) is 0 Å². The number of hydrogen-bond donors (Lipinski definition) is 0. The van der Waals surface area contributed by atoms with Crippen molar-refractivity contribution in [2.24, 2.45) is 5.92 Å². The fraction of sp³-hybridized carbons (Fsp3) is 0.562. The molecule has 1 aromatic rings. The predicted octanol–water partition coefficient (Wildman–Crippen LogP) is 2.17. The number of hydrogen-bond acceptors (Lipinski definition) is 4. The lowest BCUT2D eigenvalue weighted by Crippen LogP contribution is -2.44. The largest absolute Gasteiger partial charge is 0.342 e. The van der Waals surface area contributed by atoms with Gasteiger partial charge in [0.05, 0.1) is 10.9 Å². The number of nitrogens with zero attached hydrogens (tertiary/aromatic N) is 3. The molecule has 2 amide bonds. The van der Waals surface area contributed by atoms with Crippen molar-refractivity contribution in [1.82, 2.24) is 9.88 Å². The number of pyridine rings is 1. The molecular formula is C16H21N3O2S. The van der Waals surface area contributed by atoms with Crippen molar-refractivity contribution in [3.8, 4) is 0 Å². The summed E-state index contributed by atoms with van der Waals surface area (Å²) in [5, 5.41) is 0.464. The van der Waals surface area contributed by atoms with Crippen molar-refractivity contribution in [3.63, 3.8) is 0 Å². The number of carbonyl (C=O) groups is 2. The van der Waals surface area contributed by atoms with Gasteiger partial charge < -0.3 is 9.80 Å². The van der Waals surface area contributed by atoms with Crippen LogP contribution in [0.15, 0.2) is 23.4 Å². The monoisotopic (exact) mass is 319 g/mol. The molecule has 22 heavy (non-hydrogen) atoms. The van der Waals surface area contributed by atoms with Crippen LogP contribution in [-0.4, -0.2) is 47.1 Å². The van der Waals surface area contributed by atoms with Gasteiger partial charge in [-0.15, -0.1) is 0 Å². The summed E-state index contributed by atoms with van der Waals surface area (Å²) in [6, 6.07) is 3.71. The fourth-order valence-corrected chi connectivity index (χ4v) is 4.28. The SMILES string of the molecule is C[C@H]1CCCN(C(=O)C[C@@H]2Sc3ncccc3N(C)C2=O)C1. The van der Waals surface area contributed by atoms with Gasteiger partial charge in [-0.2, -0.15) is 0 Å². The Kier molecular flexibility index (Phi) is 4.38. The summed E-state index contributed by atoms with van der Waals surface area (Å²) in [6.45, 7) is 3.81. The van der Waals surface area contributed by atoms with Crippen molar-refractivity contribution in [2.45, 2.75) is 36.5 Å². The van der Waals surface area contributed by atoms with Crippen molar-refractivity contribution >= 4 is 29.3 Å². The number of rotatable bonds is 2. The standard InChI is InChI=1S/C16H21N3O2S/c1-11-5-4-8-19(10-11)14(20)9-13-16(21)18(2)12-6-3-7-17-15(12)22-13/h3,6-7,11,13H,4-5,8-10H2,1-2H3/t11-,13-/m0/s1. The first-order chi connectivity index (χ1) is 10.6. The number of amides is 2. The molecule has 5 nitrogen and oxygen atoms in total. The van der Waals surface area contributed by atoms with Gasteiger partial charge in [0.15, 0.2) is 0 Å². The fourth-order valence-electron chi connectivity index (χ4n) is 3.08. The smallest absolute Gasteiger partial charge is 0.240 e. The second kappa shape index (κ2) is 6.28. The molecule has 1 fully saturated rings. The minimum atomic E-state index is -0.364. The van der Waals surface area contributed by atoms with Crippen molar-refractivity contribution in [1.29, 1.82) is 0 Å². The minimum absolute atomic E-state index is 0.0103. The summed E-state index contributed by atoms with van der Waals surface area (Å²) in [5.74, 6) is 0.631. The molecule has 2 aliphatic rings. The van der Waals surface area contributed by atoms with Crippen LogP contribution in [0.2, 0.25) is 0 Å². The molecule has 6 heteroatoms. The molecule has 0 N–H and O–H groups in total. The molecule has 3 heterocycles. The molecule has 1 aromatic heterocycles. The zero-order valence-corrected chi connectivity index (χ0v) is 13.8. The van der Waals surface area contributed by atoms with E-state index in [2.05, 4.69) is 11.9 Å². The van der Waals surface area contributed by atoms with E-state index in [1.807, 2.05) is 17.0 Å². The Bertz CT molecular complexity index is 593. The summed E-state index contributed by atoms with van der Waals surface area (Å²) in [6.07, 6.45) is 4.22. The quantitative estimate of drug-likeness (QED) is 0.838. The number of aromatic nitrogens is 1. The number of carbonyl (C=O) groups excluding carboxylic acids is 2. The van der Waals surface area contributed by atoms with Crippen LogP contribution in [0.5, 0.6) is 0 Å². The first-order valence-corrected chi connectivity index (χ1v) is 8.61. The summed E-state index contributed by atoms with van der Waals surface area (Å²) in [7, 11) is 1.75. The van der Waals surface area contributed by atoms with Crippen LogP contribution in [0.4, 0.5) is 5.69 Å². The third-order valence-electron chi connectivity index (χ3n) is 4.34. The average Bonchev–Trinajstić information content (AvgIpc) is 2.52. The van der Waals surface area contributed by atoms with E-state index in [1.165, 1.54) is 18.2 Å². The van der Waals surface area contributed by atoms with E-state index in [1.54, 1.807) is 18.1 Å². The maximum Gasteiger partial charge on any atom is 0.240 e.